The molecule has 1 heterocycles. The average Bonchev–Trinajstić information content (AvgIpc) is 2.53. The SMILES string of the molecule is CC(C)CN(C)C(=O)NCc1ccc(N2CCC(O)CC2)c(F)c1. The summed E-state index contributed by atoms with van der Waals surface area (Å²) in [5.41, 5.74) is 1.30. The number of nitrogens with zero attached hydrogens (tertiary/aromatic N) is 2. The van der Waals surface area contributed by atoms with Crippen molar-refractivity contribution < 1.29 is 14.3 Å². The summed E-state index contributed by atoms with van der Waals surface area (Å²) in [6.07, 6.45) is 1.06. The van der Waals surface area contributed by atoms with E-state index < -0.39 is 0 Å². The number of anilines is 1. The summed E-state index contributed by atoms with van der Waals surface area (Å²) in [4.78, 5) is 15.6. The maximum absolute atomic E-state index is 14.4. The van der Waals surface area contributed by atoms with Crippen LogP contribution in [0.1, 0.15) is 32.3 Å². The van der Waals surface area contributed by atoms with Crippen molar-refractivity contribution in [1.29, 1.82) is 0 Å². The molecule has 1 aromatic rings. The van der Waals surface area contributed by atoms with E-state index in [1.54, 1.807) is 18.0 Å². The van der Waals surface area contributed by atoms with E-state index >= 15 is 0 Å². The standard InChI is InChI=1S/C18H28FN3O2/c1-13(2)12-21(3)18(24)20-11-14-4-5-17(16(19)10-14)22-8-6-15(23)7-9-22/h4-5,10,13,15,23H,6-9,11-12H2,1-3H3,(H,20,24). The smallest absolute Gasteiger partial charge is 0.317 e. The number of carbonyl (C=O) groups excluding carboxylic acids is 1. The van der Waals surface area contributed by atoms with Crippen LogP contribution in [-0.4, -0.2) is 48.8 Å². The number of aliphatic hydroxyl groups excluding tert-OH is 1. The van der Waals surface area contributed by atoms with Gasteiger partial charge in [-0.3, -0.25) is 0 Å². The molecule has 0 unspecified atom stereocenters. The lowest BCUT2D eigenvalue weighted by Crippen LogP contribution is -2.38. The van der Waals surface area contributed by atoms with Gasteiger partial charge in [0.05, 0.1) is 11.8 Å². The molecule has 1 saturated heterocycles. The minimum Gasteiger partial charge on any atom is -0.393 e. The topological polar surface area (TPSA) is 55.8 Å². The van der Waals surface area contributed by atoms with Crippen LogP contribution in [0, 0.1) is 11.7 Å². The first-order valence-corrected chi connectivity index (χ1v) is 8.57. The molecule has 2 amide bonds. The number of halogens is 1. The van der Waals surface area contributed by atoms with Gasteiger partial charge in [0.15, 0.2) is 0 Å². The molecule has 2 N–H and O–H groups in total. The maximum atomic E-state index is 14.4. The fraction of sp³-hybridized carbons (Fsp3) is 0.611. The highest BCUT2D eigenvalue weighted by Crippen LogP contribution is 2.24. The van der Waals surface area contributed by atoms with Gasteiger partial charge in [0, 0.05) is 33.2 Å². The summed E-state index contributed by atoms with van der Waals surface area (Å²) >= 11 is 0. The van der Waals surface area contributed by atoms with Gasteiger partial charge in [-0.25, -0.2) is 9.18 Å². The lowest BCUT2D eigenvalue weighted by Gasteiger charge is -2.31. The first-order valence-electron chi connectivity index (χ1n) is 8.57. The average molecular weight is 337 g/mol. The van der Waals surface area contributed by atoms with Crippen molar-refractivity contribution in [2.45, 2.75) is 39.3 Å². The number of benzene rings is 1. The Morgan fingerprint density at radius 3 is 2.67 bits per heavy atom. The normalized spacial score (nSPS) is 15.7. The molecule has 0 saturated carbocycles. The quantitative estimate of drug-likeness (QED) is 0.868. The minimum atomic E-state index is -0.284. The zero-order valence-corrected chi connectivity index (χ0v) is 14.8. The maximum Gasteiger partial charge on any atom is 0.317 e. The van der Waals surface area contributed by atoms with Gasteiger partial charge in [0.1, 0.15) is 5.82 Å². The molecular formula is C18H28FN3O2. The van der Waals surface area contributed by atoms with Crippen molar-refractivity contribution in [3.8, 4) is 0 Å². The lowest BCUT2D eigenvalue weighted by molar-refractivity contribution is 0.145. The van der Waals surface area contributed by atoms with Crippen LogP contribution in [0.25, 0.3) is 0 Å². The molecular weight excluding hydrogens is 309 g/mol. The Labute approximate surface area is 143 Å². The van der Waals surface area contributed by atoms with E-state index in [2.05, 4.69) is 19.2 Å². The molecule has 0 aliphatic carbocycles. The fourth-order valence-electron chi connectivity index (χ4n) is 2.97. The Morgan fingerprint density at radius 2 is 2.08 bits per heavy atom. The number of urea groups is 1. The zero-order chi connectivity index (χ0) is 17.7. The van der Waals surface area contributed by atoms with E-state index in [1.165, 1.54) is 6.07 Å². The zero-order valence-electron chi connectivity index (χ0n) is 14.8. The van der Waals surface area contributed by atoms with Gasteiger partial charge in [-0.15, -0.1) is 0 Å². The number of carbonyl (C=O) groups is 1. The number of nitrogens with one attached hydrogen (secondary N) is 1. The van der Waals surface area contributed by atoms with Crippen LogP contribution in [0.4, 0.5) is 14.9 Å². The van der Waals surface area contributed by atoms with Gasteiger partial charge in [0.2, 0.25) is 0 Å². The van der Waals surface area contributed by atoms with Crippen molar-refractivity contribution in [2.24, 2.45) is 5.92 Å². The van der Waals surface area contributed by atoms with Gasteiger partial charge in [-0.1, -0.05) is 19.9 Å². The minimum absolute atomic E-state index is 0.154. The summed E-state index contributed by atoms with van der Waals surface area (Å²) in [6.45, 7) is 6.41. The Bertz CT molecular complexity index is 557. The third-order valence-electron chi connectivity index (χ3n) is 4.25. The molecule has 1 aliphatic rings. The number of hydrogen-bond donors (Lipinski definition) is 2. The summed E-state index contributed by atoms with van der Waals surface area (Å²) in [6, 6.07) is 4.92. The highest BCUT2D eigenvalue weighted by Gasteiger charge is 2.19. The lowest BCUT2D eigenvalue weighted by atomic mass is 10.1. The van der Waals surface area contributed by atoms with Crippen molar-refractivity contribution in [2.75, 3.05) is 31.6 Å². The number of hydrogen-bond acceptors (Lipinski definition) is 3. The molecule has 134 valence electrons. The van der Waals surface area contributed by atoms with Crippen LogP contribution in [0.3, 0.4) is 0 Å². The molecule has 0 bridgehead atoms. The predicted octanol–water partition coefficient (Wildman–Crippen LogP) is 2.58. The molecule has 1 aliphatic heterocycles. The fourth-order valence-corrected chi connectivity index (χ4v) is 2.97. The van der Waals surface area contributed by atoms with Gasteiger partial charge in [0.25, 0.3) is 0 Å². The highest BCUT2D eigenvalue weighted by molar-refractivity contribution is 5.73. The molecule has 0 atom stereocenters. The van der Waals surface area contributed by atoms with E-state index in [0.29, 0.717) is 50.6 Å². The Morgan fingerprint density at radius 1 is 1.42 bits per heavy atom. The first-order chi connectivity index (χ1) is 11.4. The molecule has 5 nitrogen and oxygen atoms in total. The Balaban J connectivity index is 1.91. The van der Waals surface area contributed by atoms with E-state index in [9.17, 15) is 14.3 Å². The van der Waals surface area contributed by atoms with Crippen LogP contribution in [-0.2, 0) is 6.54 Å². The Hall–Kier alpha value is -1.82. The molecule has 24 heavy (non-hydrogen) atoms. The summed E-state index contributed by atoms with van der Waals surface area (Å²) < 4.78 is 14.4. The molecule has 6 heteroatoms. The van der Waals surface area contributed by atoms with Crippen LogP contribution in [0.5, 0.6) is 0 Å². The first kappa shape index (κ1) is 18.5. The largest absolute Gasteiger partial charge is 0.393 e. The summed E-state index contributed by atoms with van der Waals surface area (Å²) in [7, 11) is 1.75. The van der Waals surface area contributed by atoms with E-state index in [4.69, 9.17) is 0 Å². The number of rotatable bonds is 5. The second-order valence-electron chi connectivity index (χ2n) is 6.94. The molecule has 0 aromatic heterocycles. The van der Waals surface area contributed by atoms with Gasteiger partial charge >= 0.3 is 6.03 Å². The molecule has 1 aromatic carbocycles. The summed E-state index contributed by atoms with van der Waals surface area (Å²) in [5, 5.41) is 12.4. The van der Waals surface area contributed by atoms with E-state index in [-0.39, 0.29) is 18.0 Å². The third kappa shape index (κ3) is 5.09. The van der Waals surface area contributed by atoms with Crippen LogP contribution >= 0.6 is 0 Å². The van der Waals surface area contributed by atoms with E-state index in [0.717, 1.165) is 5.56 Å². The summed E-state index contributed by atoms with van der Waals surface area (Å²) in [5.74, 6) is 0.120. The van der Waals surface area contributed by atoms with E-state index in [1.807, 2.05) is 11.0 Å². The Kier molecular flexibility index (Phi) is 6.43. The monoisotopic (exact) mass is 337 g/mol. The van der Waals surface area contributed by atoms with Crippen LogP contribution < -0.4 is 10.2 Å². The second-order valence-corrected chi connectivity index (χ2v) is 6.94. The van der Waals surface area contributed by atoms with Crippen LogP contribution in [0.2, 0.25) is 0 Å². The third-order valence-corrected chi connectivity index (χ3v) is 4.25. The van der Waals surface area contributed by atoms with Crippen molar-refractivity contribution in [3.63, 3.8) is 0 Å². The molecule has 1 fully saturated rings. The highest BCUT2D eigenvalue weighted by atomic mass is 19.1. The molecule has 0 spiro atoms. The molecule has 2 rings (SSSR count). The van der Waals surface area contributed by atoms with Crippen LogP contribution in [0.15, 0.2) is 18.2 Å². The number of aliphatic hydroxyl groups is 1. The van der Waals surface area contributed by atoms with Crippen molar-refractivity contribution in [3.05, 3.63) is 29.6 Å². The van der Waals surface area contributed by atoms with Gasteiger partial charge < -0.3 is 20.2 Å². The van der Waals surface area contributed by atoms with Gasteiger partial charge in [-0.2, -0.15) is 0 Å². The van der Waals surface area contributed by atoms with Gasteiger partial charge in [-0.05, 0) is 36.5 Å². The second kappa shape index (κ2) is 8.33. The van der Waals surface area contributed by atoms with Crippen molar-refractivity contribution >= 4 is 11.7 Å². The predicted molar refractivity (Wildman–Crippen MR) is 93.6 cm³/mol. The number of amides is 2. The number of piperidine rings is 1. The van der Waals surface area contributed by atoms with Crippen molar-refractivity contribution in [1.82, 2.24) is 10.2 Å². The molecule has 0 radical (unpaired) electrons.